The molecule has 0 atom stereocenters. The van der Waals surface area contributed by atoms with E-state index in [1.165, 1.54) is 55.8 Å². The highest BCUT2D eigenvalue weighted by molar-refractivity contribution is 5.98. The Morgan fingerprint density at radius 2 is 1.80 bits per heavy atom. The Morgan fingerprint density at radius 3 is 2.35 bits per heavy atom. The number of amides is 1. The summed E-state index contributed by atoms with van der Waals surface area (Å²) in [6.45, 7) is 2.94. The average Bonchev–Trinajstić information content (AvgIpc) is 2.77. The van der Waals surface area contributed by atoms with Gasteiger partial charge in [0.2, 0.25) is 0 Å². The number of nitrogens with two attached hydrogens (primary N) is 1. The minimum absolute atomic E-state index is 0.126. The minimum atomic E-state index is -0.126. The first-order valence-corrected chi connectivity index (χ1v) is 7.72. The lowest BCUT2D eigenvalue weighted by molar-refractivity contribution is 0.0954. The summed E-state index contributed by atoms with van der Waals surface area (Å²) in [6.07, 6.45) is 11.6. The molecule has 1 amide bonds. The van der Waals surface area contributed by atoms with Gasteiger partial charge < -0.3 is 11.1 Å². The number of anilines is 1. The number of rotatable bonds is 10. The van der Waals surface area contributed by atoms with Gasteiger partial charge in [-0.05, 0) is 6.42 Å². The van der Waals surface area contributed by atoms with Crippen LogP contribution < -0.4 is 11.1 Å². The molecule has 0 saturated heterocycles. The summed E-state index contributed by atoms with van der Waals surface area (Å²) in [5.74, 6) is 0.289. The molecule has 0 bridgehead atoms. The molecule has 20 heavy (non-hydrogen) atoms. The molecule has 1 aromatic rings. The number of unbranched alkanes of at least 4 members (excludes halogenated alkanes) is 7. The quantitative estimate of drug-likeness (QED) is 0.647. The van der Waals surface area contributed by atoms with E-state index < -0.39 is 0 Å². The fourth-order valence-electron chi connectivity index (χ4n) is 2.18. The zero-order chi connectivity index (χ0) is 14.8. The number of hydrogen-bond acceptors (Lipinski definition) is 3. The summed E-state index contributed by atoms with van der Waals surface area (Å²) < 4.78 is 1.51. The first-order valence-electron chi connectivity index (χ1n) is 7.72. The van der Waals surface area contributed by atoms with Gasteiger partial charge in [-0.1, -0.05) is 51.9 Å². The van der Waals surface area contributed by atoms with Crippen LogP contribution >= 0.6 is 0 Å². The highest BCUT2D eigenvalue weighted by Gasteiger charge is 2.12. The van der Waals surface area contributed by atoms with Crippen molar-refractivity contribution in [2.24, 2.45) is 7.05 Å². The SMILES string of the molecule is CCCCCCCCCCNC(=O)c1cnn(C)c1N. The third-order valence-corrected chi connectivity index (χ3v) is 3.55. The largest absolute Gasteiger partial charge is 0.383 e. The molecule has 5 heteroatoms. The first kappa shape index (κ1) is 16.5. The molecule has 0 unspecified atom stereocenters. The molecule has 0 aliphatic carbocycles. The van der Waals surface area contributed by atoms with Crippen molar-refractivity contribution in [1.82, 2.24) is 15.1 Å². The molecule has 3 N–H and O–H groups in total. The molecule has 5 nitrogen and oxygen atoms in total. The number of carbonyl (C=O) groups excluding carboxylic acids is 1. The molecule has 1 aromatic heterocycles. The van der Waals surface area contributed by atoms with Gasteiger partial charge in [0.15, 0.2) is 0 Å². The molecule has 0 aromatic carbocycles. The number of nitrogen functional groups attached to an aromatic ring is 1. The Kier molecular flexibility index (Phi) is 7.77. The zero-order valence-corrected chi connectivity index (χ0v) is 12.8. The predicted octanol–water partition coefficient (Wildman–Crippen LogP) is 2.87. The number of nitrogens with one attached hydrogen (secondary N) is 1. The molecular formula is C15H28N4O. The molecule has 0 saturated carbocycles. The molecule has 0 aliphatic heterocycles. The summed E-state index contributed by atoms with van der Waals surface area (Å²) in [5.41, 5.74) is 6.22. The van der Waals surface area contributed by atoms with Crippen molar-refractivity contribution in [3.8, 4) is 0 Å². The van der Waals surface area contributed by atoms with E-state index >= 15 is 0 Å². The maximum atomic E-state index is 11.8. The van der Waals surface area contributed by atoms with Crippen LogP contribution in [0.4, 0.5) is 5.82 Å². The van der Waals surface area contributed by atoms with Crippen LogP contribution in [0.3, 0.4) is 0 Å². The molecule has 0 aliphatic rings. The van der Waals surface area contributed by atoms with E-state index in [2.05, 4.69) is 17.3 Å². The monoisotopic (exact) mass is 280 g/mol. The van der Waals surface area contributed by atoms with E-state index in [4.69, 9.17) is 5.73 Å². The van der Waals surface area contributed by atoms with Crippen LogP contribution in [-0.2, 0) is 7.05 Å². The van der Waals surface area contributed by atoms with Crippen LogP contribution in [0.1, 0.15) is 68.6 Å². The summed E-state index contributed by atoms with van der Waals surface area (Å²) in [7, 11) is 1.73. The third-order valence-electron chi connectivity index (χ3n) is 3.55. The summed E-state index contributed by atoms with van der Waals surface area (Å²) in [5, 5.41) is 6.85. The Bertz CT molecular complexity index is 401. The van der Waals surface area contributed by atoms with Gasteiger partial charge in [-0.3, -0.25) is 9.48 Å². The van der Waals surface area contributed by atoms with Gasteiger partial charge in [0, 0.05) is 13.6 Å². The molecule has 0 radical (unpaired) electrons. The lowest BCUT2D eigenvalue weighted by Crippen LogP contribution is -2.25. The number of nitrogens with zero attached hydrogens (tertiary/aromatic N) is 2. The summed E-state index contributed by atoms with van der Waals surface area (Å²) in [6, 6.07) is 0. The van der Waals surface area contributed by atoms with E-state index in [-0.39, 0.29) is 5.91 Å². The number of aromatic nitrogens is 2. The Labute approximate surface area is 121 Å². The number of hydrogen-bond donors (Lipinski definition) is 2. The van der Waals surface area contributed by atoms with Crippen molar-refractivity contribution in [3.63, 3.8) is 0 Å². The van der Waals surface area contributed by atoms with E-state index in [0.717, 1.165) is 6.42 Å². The molecule has 114 valence electrons. The molecule has 1 rings (SSSR count). The highest BCUT2D eigenvalue weighted by Crippen LogP contribution is 2.10. The zero-order valence-electron chi connectivity index (χ0n) is 12.8. The predicted molar refractivity (Wildman–Crippen MR) is 82.6 cm³/mol. The Balaban J connectivity index is 2.04. The van der Waals surface area contributed by atoms with Gasteiger partial charge in [0.25, 0.3) is 5.91 Å². The number of aryl methyl sites for hydroxylation is 1. The van der Waals surface area contributed by atoms with Gasteiger partial charge in [-0.2, -0.15) is 5.10 Å². The van der Waals surface area contributed by atoms with Crippen molar-refractivity contribution in [2.75, 3.05) is 12.3 Å². The Hall–Kier alpha value is -1.52. The topological polar surface area (TPSA) is 72.9 Å². The Morgan fingerprint density at radius 1 is 1.20 bits per heavy atom. The fourth-order valence-corrected chi connectivity index (χ4v) is 2.18. The minimum Gasteiger partial charge on any atom is -0.383 e. The van der Waals surface area contributed by atoms with Gasteiger partial charge in [-0.25, -0.2) is 0 Å². The van der Waals surface area contributed by atoms with Gasteiger partial charge in [0.05, 0.1) is 6.20 Å². The second-order valence-corrected chi connectivity index (χ2v) is 5.30. The first-order chi connectivity index (χ1) is 9.66. The molecule has 0 fully saturated rings. The van der Waals surface area contributed by atoms with Crippen LogP contribution in [0.2, 0.25) is 0 Å². The van der Waals surface area contributed by atoms with Crippen molar-refractivity contribution in [2.45, 2.75) is 58.3 Å². The van der Waals surface area contributed by atoms with E-state index in [1.807, 2.05) is 0 Å². The van der Waals surface area contributed by atoms with E-state index in [0.29, 0.717) is 17.9 Å². The van der Waals surface area contributed by atoms with Crippen LogP contribution in [0, 0.1) is 0 Å². The van der Waals surface area contributed by atoms with Gasteiger partial charge >= 0.3 is 0 Å². The lowest BCUT2D eigenvalue weighted by Gasteiger charge is -2.05. The molecular weight excluding hydrogens is 252 g/mol. The lowest BCUT2D eigenvalue weighted by atomic mass is 10.1. The maximum Gasteiger partial charge on any atom is 0.256 e. The average molecular weight is 280 g/mol. The van der Waals surface area contributed by atoms with Crippen LogP contribution in [0.15, 0.2) is 6.20 Å². The second-order valence-electron chi connectivity index (χ2n) is 5.30. The van der Waals surface area contributed by atoms with E-state index in [1.54, 1.807) is 7.05 Å². The summed E-state index contributed by atoms with van der Waals surface area (Å²) in [4.78, 5) is 11.8. The van der Waals surface area contributed by atoms with Crippen LogP contribution in [0.25, 0.3) is 0 Å². The summed E-state index contributed by atoms with van der Waals surface area (Å²) >= 11 is 0. The smallest absolute Gasteiger partial charge is 0.256 e. The maximum absolute atomic E-state index is 11.8. The normalized spacial score (nSPS) is 10.7. The van der Waals surface area contributed by atoms with Crippen molar-refractivity contribution >= 4 is 11.7 Å². The van der Waals surface area contributed by atoms with Crippen molar-refractivity contribution < 1.29 is 4.79 Å². The number of carbonyl (C=O) groups is 1. The van der Waals surface area contributed by atoms with Crippen molar-refractivity contribution in [3.05, 3.63) is 11.8 Å². The standard InChI is InChI=1S/C15H28N4O/c1-3-4-5-6-7-8-9-10-11-17-15(20)13-12-18-19(2)14(13)16/h12H,3-11,16H2,1-2H3,(H,17,20). The molecule has 1 heterocycles. The van der Waals surface area contributed by atoms with Gasteiger partial charge in [-0.15, -0.1) is 0 Å². The van der Waals surface area contributed by atoms with Crippen LogP contribution in [0.5, 0.6) is 0 Å². The fraction of sp³-hybridized carbons (Fsp3) is 0.733. The molecule has 0 spiro atoms. The van der Waals surface area contributed by atoms with Gasteiger partial charge in [0.1, 0.15) is 11.4 Å². The van der Waals surface area contributed by atoms with E-state index in [9.17, 15) is 4.79 Å². The second kappa shape index (κ2) is 9.39. The third kappa shape index (κ3) is 5.63. The highest BCUT2D eigenvalue weighted by atomic mass is 16.1. The van der Waals surface area contributed by atoms with Crippen molar-refractivity contribution in [1.29, 1.82) is 0 Å². The van der Waals surface area contributed by atoms with Crippen LogP contribution in [-0.4, -0.2) is 22.2 Å².